The highest BCUT2D eigenvalue weighted by atomic mass is 35.5. The average molecular weight is 453 g/mol. The zero-order chi connectivity index (χ0) is 22.0. The lowest BCUT2D eigenvalue weighted by atomic mass is 10.2. The summed E-state index contributed by atoms with van der Waals surface area (Å²) in [6, 6.07) is 21.1. The first-order valence-electron chi connectivity index (χ1n) is 9.08. The highest BCUT2D eigenvalue weighted by molar-refractivity contribution is 6.30. The van der Waals surface area contributed by atoms with Crippen LogP contribution in [0, 0.1) is 0 Å². The van der Waals surface area contributed by atoms with Crippen LogP contribution in [-0.2, 0) is 0 Å². The molecule has 3 aromatic carbocycles. The molecule has 0 saturated heterocycles. The normalized spacial score (nSPS) is 11.2. The maximum Gasteiger partial charge on any atom is 0.362 e. The molecule has 0 N–H and O–H groups in total. The van der Waals surface area contributed by atoms with Crippen molar-refractivity contribution in [2.75, 3.05) is 0 Å². The summed E-state index contributed by atoms with van der Waals surface area (Å²) in [5.74, 6) is 0. The summed E-state index contributed by atoms with van der Waals surface area (Å²) in [5.41, 5.74) is -1.50. The first-order chi connectivity index (χ1) is 15.0. The quantitative estimate of drug-likeness (QED) is 0.445. The number of hydrogen-bond acceptors (Lipinski definition) is 4. The number of aromatic nitrogens is 3. The third-order valence-electron chi connectivity index (χ3n) is 4.42. The van der Waals surface area contributed by atoms with Gasteiger partial charge >= 0.3 is 17.1 Å². The van der Waals surface area contributed by atoms with Crippen molar-refractivity contribution < 1.29 is 0 Å². The van der Waals surface area contributed by atoms with Crippen molar-refractivity contribution in [3.05, 3.63) is 126 Å². The fraction of sp³-hybridized carbons (Fsp3) is 0. The van der Waals surface area contributed by atoms with E-state index in [-0.39, 0.29) is 11.4 Å². The molecule has 0 fully saturated rings. The van der Waals surface area contributed by atoms with E-state index in [1.165, 1.54) is 54.7 Å². The van der Waals surface area contributed by atoms with Crippen LogP contribution in [0.15, 0.2) is 98.3 Å². The van der Waals surface area contributed by atoms with Gasteiger partial charge in [-0.25, -0.2) is 23.5 Å². The van der Waals surface area contributed by atoms with Gasteiger partial charge in [-0.05, 0) is 54.1 Å². The molecule has 7 nitrogen and oxygen atoms in total. The SMILES string of the molecule is O=c1n(/N=C/c2ccccc2)c(=O)n(-c2ccc(Cl)cc2)c(=O)n1-c1ccc(Cl)cc1. The van der Waals surface area contributed by atoms with Crippen molar-refractivity contribution >= 4 is 29.4 Å². The Morgan fingerprint density at radius 3 is 1.52 bits per heavy atom. The second kappa shape index (κ2) is 8.59. The number of halogens is 2. The largest absolute Gasteiger partial charge is 0.362 e. The van der Waals surface area contributed by atoms with Gasteiger partial charge in [-0.3, -0.25) is 0 Å². The molecule has 4 rings (SSSR count). The molecule has 1 heterocycles. The fourth-order valence-corrected chi connectivity index (χ4v) is 3.17. The molecule has 0 saturated carbocycles. The van der Waals surface area contributed by atoms with Crippen LogP contribution >= 0.6 is 23.2 Å². The monoisotopic (exact) mass is 452 g/mol. The summed E-state index contributed by atoms with van der Waals surface area (Å²) >= 11 is 11.9. The van der Waals surface area contributed by atoms with Gasteiger partial charge in [0, 0.05) is 10.0 Å². The molecule has 154 valence electrons. The molecule has 9 heteroatoms. The highest BCUT2D eigenvalue weighted by Gasteiger charge is 2.18. The zero-order valence-corrected chi connectivity index (χ0v) is 17.4. The second-order valence-electron chi connectivity index (χ2n) is 6.44. The van der Waals surface area contributed by atoms with E-state index in [9.17, 15) is 14.4 Å². The van der Waals surface area contributed by atoms with Gasteiger partial charge in [0.1, 0.15) is 0 Å². The summed E-state index contributed by atoms with van der Waals surface area (Å²) in [4.78, 5) is 39.4. The van der Waals surface area contributed by atoms with E-state index >= 15 is 0 Å². The molecule has 0 bridgehead atoms. The lowest BCUT2D eigenvalue weighted by molar-refractivity contribution is 0.607. The minimum atomic E-state index is -0.908. The van der Waals surface area contributed by atoms with Crippen molar-refractivity contribution in [1.29, 1.82) is 0 Å². The van der Waals surface area contributed by atoms with Crippen LogP contribution < -0.4 is 17.1 Å². The molecule has 0 atom stereocenters. The van der Waals surface area contributed by atoms with Gasteiger partial charge in [0.25, 0.3) is 0 Å². The van der Waals surface area contributed by atoms with Gasteiger partial charge in [-0.15, -0.1) is 4.68 Å². The van der Waals surface area contributed by atoms with E-state index in [1.54, 1.807) is 24.3 Å². The molecule has 0 aliphatic heterocycles. The Kier molecular flexibility index (Phi) is 5.70. The van der Waals surface area contributed by atoms with Crippen LogP contribution in [0.1, 0.15) is 5.56 Å². The van der Waals surface area contributed by atoms with E-state index in [0.717, 1.165) is 9.13 Å². The van der Waals surface area contributed by atoms with Crippen molar-refractivity contribution in [2.24, 2.45) is 5.10 Å². The molecular weight excluding hydrogens is 439 g/mol. The molecule has 0 aliphatic rings. The number of rotatable bonds is 4. The van der Waals surface area contributed by atoms with Gasteiger partial charge in [0.2, 0.25) is 0 Å². The maximum absolute atomic E-state index is 13.2. The Morgan fingerprint density at radius 1 is 0.613 bits per heavy atom. The van der Waals surface area contributed by atoms with Crippen molar-refractivity contribution in [2.45, 2.75) is 0 Å². The fourth-order valence-electron chi connectivity index (χ4n) is 2.92. The van der Waals surface area contributed by atoms with Crippen LogP contribution in [0.2, 0.25) is 10.0 Å². The topological polar surface area (TPSA) is 78.4 Å². The molecule has 4 aromatic rings. The summed E-state index contributed by atoms with van der Waals surface area (Å²) in [6.45, 7) is 0. The van der Waals surface area contributed by atoms with E-state index < -0.39 is 17.1 Å². The van der Waals surface area contributed by atoms with Crippen molar-refractivity contribution in [3.63, 3.8) is 0 Å². The molecule has 31 heavy (non-hydrogen) atoms. The van der Waals surface area contributed by atoms with Gasteiger partial charge in [-0.1, -0.05) is 53.5 Å². The van der Waals surface area contributed by atoms with Crippen LogP contribution in [0.4, 0.5) is 0 Å². The summed E-state index contributed by atoms with van der Waals surface area (Å²) in [6.07, 6.45) is 1.37. The van der Waals surface area contributed by atoms with Gasteiger partial charge < -0.3 is 0 Å². The first kappa shape index (κ1) is 20.6. The van der Waals surface area contributed by atoms with Crippen LogP contribution in [0.3, 0.4) is 0 Å². The molecular formula is C22H14Cl2N4O3. The summed E-state index contributed by atoms with van der Waals surface area (Å²) in [5, 5.41) is 4.93. The second-order valence-corrected chi connectivity index (χ2v) is 7.31. The molecule has 1 aromatic heterocycles. The standard InChI is InChI=1S/C22H14Cl2N4O3/c23-16-6-10-18(11-7-16)26-20(29)27(19-12-8-17(24)9-13-19)22(31)28(21(26)30)25-14-15-4-2-1-3-5-15/h1-14H/b25-14+. The lowest BCUT2D eigenvalue weighted by Crippen LogP contribution is -2.52. The van der Waals surface area contributed by atoms with Crippen LogP contribution in [-0.4, -0.2) is 20.0 Å². The third kappa shape index (κ3) is 4.14. The number of benzene rings is 3. The minimum Gasteiger partial charge on any atom is -0.246 e. The molecule has 0 unspecified atom stereocenters. The minimum absolute atomic E-state index is 0.241. The Balaban J connectivity index is 2.02. The summed E-state index contributed by atoms with van der Waals surface area (Å²) in [7, 11) is 0. The Hall–Kier alpha value is -3.68. The van der Waals surface area contributed by atoms with Gasteiger partial charge in [0.15, 0.2) is 0 Å². The predicted octanol–water partition coefficient (Wildman–Crippen LogP) is 3.34. The van der Waals surface area contributed by atoms with E-state index in [0.29, 0.717) is 20.3 Å². The first-order valence-corrected chi connectivity index (χ1v) is 9.84. The Labute approximate surface area is 185 Å². The van der Waals surface area contributed by atoms with E-state index in [4.69, 9.17) is 23.2 Å². The van der Waals surface area contributed by atoms with E-state index in [1.807, 2.05) is 6.07 Å². The molecule has 0 amide bonds. The zero-order valence-electron chi connectivity index (χ0n) is 15.9. The molecule has 0 spiro atoms. The van der Waals surface area contributed by atoms with Crippen molar-refractivity contribution in [3.8, 4) is 11.4 Å². The summed E-state index contributed by atoms with van der Waals surface area (Å²) < 4.78 is 2.35. The lowest BCUT2D eigenvalue weighted by Gasteiger charge is -2.12. The average Bonchev–Trinajstić information content (AvgIpc) is 2.77. The van der Waals surface area contributed by atoms with Crippen molar-refractivity contribution in [1.82, 2.24) is 13.8 Å². The van der Waals surface area contributed by atoms with Gasteiger partial charge in [0.05, 0.1) is 17.6 Å². The maximum atomic E-state index is 13.2. The molecule has 0 aliphatic carbocycles. The molecule has 0 radical (unpaired) electrons. The number of nitrogens with zero attached hydrogens (tertiary/aromatic N) is 4. The smallest absolute Gasteiger partial charge is 0.246 e. The third-order valence-corrected chi connectivity index (χ3v) is 4.92. The van der Waals surface area contributed by atoms with Crippen LogP contribution in [0.25, 0.3) is 11.4 Å². The predicted molar refractivity (Wildman–Crippen MR) is 121 cm³/mol. The Morgan fingerprint density at radius 2 is 1.06 bits per heavy atom. The van der Waals surface area contributed by atoms with Crippen LogP contribution in [0.5, 0.6) is 0 Å². The highest BCUT2D eigenvalue weighted by Crippen LogP contribution is 2.12. The van der Waals surface area contributed by atoms with Gasteiger partial charge in [-0.2, -0.15) is 5.10 Å². The number of hydrogen-bond donors (Lipinski definition) is 0. The Bertz CT molecular complexity index is 1350. The van der Waals surface area contributed by atoms with E-state index in [2.05, 4.69) is 5.10 Å².